The third kappa shape index (κ3) is 3.88. The second-order valence-corrected chi connectivity index (χ2v) is 6.85. The minimum absolute atomic E-state index is 0.316. The van der Waals surface area contributed by atoms with E-state index in [-0.39, 0.29) is 6.09 Å². The predicted octanol–water partition coefficient (Wildman–Crippen LogP) is 3.87. The summed E-state index contributed by atoms with van der Waals surface area (Å²) in [5.41, 5.74) is 1.91. The number of alkyl carbamates (subject to hydrolysis) is 1. The molecule has 1 heterocycles. The average molecular weight is 341 g/mol. The first-order valence-electron chi connectivity index (χ1n) is 6.86. The Kier molecular flexibility index (Phi) is 4.58. The summed E-state index contributed by atoms with van der Waals surface area (Å²) >= 11 is 3.55. The van der Waals surface area contributed by atoms with E-state index in [0.29, 0.717) is 12.5 Å². The largest absolute Gasteiger partial charge is 0.444 e. The molecule has 0 spiro atoms. The molecule has 1 aliphatic rings. The molecule has 0 radical (unpaired) electrons. The first-order chi connectivity index (χ1) is 9.37. The quantitative estimate of drug-likeness (QED) is 0.858. The fourth-order valence-corrected chi connectivity index (χ4v) is 2.85. The standard InChI is InChI=1S/C15H21BrN2O2/c1-15(2,3)20-14(19)18-9-10-7-8-17-13-11(10)5-4-6-12(13)16/h4-6,10,17H,7-9H2,1-3H3,(H,18,19). The van der Waals surface area contributed by atoms with Crippen molar-refractivity contribution in [2.24, 2.45) is 0 Å². The van der Waals surface area contributed by atoms with E-state index >= 15 is 0 Å². The first-order valence-corrected chi connectivity index (χ1v) is 7.65. The fourth-order valence-electron chi connectivity index (χ4n) is 2.33. The molecular formula is C15H21BrN2O2. The van der Waals surface area contributed by atoms with Crippen molar-refractivity contribution in [1.82, 2.24) is 5.32 Å². The molecule has 110 valence electrons. The third-order valence-electron chi connectivity index (χ3n) is 3.17. The molecule has 2 rings (SSSR count). The monoisotopic (exact) mass is 340 g/mol. The number of hydrogen-bond acceptors (Lipinski definition) is 3. The molecule has 4 nitrogen and oxygen atoms in total. The number of nitrogens with one attached hydrogen (secondary N) is 2. The van der Waals surface area contributed by atoms with Gasteiger partial charge in [-0.2, -0.15) is 0 Å². The van der Waals surface area contributed by atoms with Crippen LogP contribution >= 0.6 is 15.9 Å². The Morgan fingerprint density at radius 2 is 2.25 bits per heavy atom. The van der Waals surface area contributed by atoms with E-state index in [2.05, 4.69) is 32.6 Å². The SMILES string of the molecule is CC(C)(C)OC(=O)NCC1CCNc2c(Br)cccc21. The van der Waals surface area contributed by atoms with E-state index < -0.39 is 5.60 Å². The summed E-state index contributed by atoms with van der Waals surface area (Å²) in [7, 11) is 0. The van der Waals surface area contributed by atoms with Crippen molar-refractivity contribution in [2.75, 3.05) is 18.4 Å². The van der Waals surface area contributed by atoms with Crippen molar-refractivity contribution in [3.05, 3.63) is 28.2 Å². The van der Waals surface area contributed by atoms with Gasteiger partial charge in [-0.1, -0.05) is 12.1 Å². The van der Waals surface area contributed by atoms with Gasteiger partial charge in [-0.25, -0.2) is 4.79 Å². The number of ether oxygens (including phenoxy) is 1. The average Bonchev–Trinajstić information content (AvgIpc) is 2.35. The zero-order chi connectivity index (χ0) is 14.8. The molecular weight excluding hydrogens is 320 g/mol. The molecule has 0 bridgehead atoms. The van der Waals surface area contributed by atoms with Crippen molar-refractivity contribution in [2.45, 2.75) is 38.7 Å². The highest BCUT2D eigenvalue weighted by Gasteiger charge is 2.23. The van der Waals surface area contributed by atoms with E-state index in [4.69, 9.17) is 4.74 Å². The molecule has 1 amide bonds. The van der Waals surface area contributed by atoms with Crippen LogP contribution in [0.25, 0.3) is 0 Å². The summed E-state index contributed by atoms with van der Waals surface area (Å²) in [6.07, 6.45) is 0.645. The van der Waals surface area contributed by atoms with Gasteiger partial charge in [-0.15, -0.1) is 0 Å². The lowest BCUT2D eigenvalue weighted by Gasteiger charge is -2.28. The zero-order valence-corrected chi connectivity index (χ0v) is 13.7. The van der Waals surface area contributed by atoms with Crippen LogP contribution in [-0.2, 0) is 4.74 Å². The van der Waals surface area contributed by atoms with Crippen LogP contribution in [-0.4, -0.2) is 24.8 Å². The first kappa shape index (κ1) is 15.2. The number of fused-ring (bicyclic) bond motifs is 1. The lowest BCUT2D eigenvalue weighted by Crippen LogP contribution is -2.36. The molecule has 1 aromatic carbocycles. The molecule has 0 fully saturated rings. The van der Waals surface area contributed by atoms with Gasteiger partial charge in [0.05, 0.1) is 5.69 Å². The Balaban J connectivity index is 1.99. The molecule has 0 aromatic heterocycles. The van der Waals surface area contributed by atoms with Crippen LogP contribution in [0.3, 0.4) is 0 Å². The molecule has 0 saturated carbocycles. The number of carbonyl (C=O) groups is 1. The number of amides is 1. The Morgan fingerprint density at radius 1 is 1.50 bits per heavy atom. The second-order valence-electron chi connectivity index (χ2n) is 6.00. The van der Waals surface area contributed by atoms with Gasteiger partial charge in [0.1, 0.15) is 5.60 Å². The van der Waals surface area contributed by atoms with Gasteiger partial charge in [0.2, 0.25) is 0 Å². The maximum absolute atomic E-state index is 11.7. The normalized spacial score (nSPS) is 17.9. The molecule has 1 unspecified atom stereocenters. The Labute approximate surface area is 128 Å². The van der Waals surface area contributed by atoms with Crippen molar-refractivity contribution < 1.29 is 9.53 Å². The lowest BCUT2D eigenvalue weighted by atomic mass is 9.91. The molecule has 2 N–H and O–H groups in total. The zero-order valence-electron chi connectivity index (χ0n) is 12.1. The van der Waals surface area contributed by atoms with E-state index in [1.165, 1.54) is 5.56 Å². The third-order valence-corrected chi connectivity index (χ3v) is 3.83. The molecule has 0 aliphatic carbocycles. The topological polar surface area (TPSA) is 50.4 Å². The molecule has 1 aromatic rings. The number of para-hydroxylation sites is 1. The summed E-state index contributed by atoms with van der Waals surface area (Å²) in [6.45, 7) is 7.10. The number of rotatable bonds is 2. The number of hydrogen-bond donors (Lipinski definition) is 2. The van der Waals surface area contributed by atoms with Crippen LogP contribution in [0.5, 0.6) is 0 Å². The van der Waals surface area contributed by atoms with Gasteiger partial charge in [0, 0.05) is 23.5 Å². The predicted molar refractivity (Wildman–Crippen MR) is 84.2 cm³/mol. The van der Waals surface area contributed by atoms with Gasteiger partial charge in [0.15, 0.2) is 0 Å². The number of carbonyl (C=O) groups excluding carboxylic acids is 1. The number of anilines is 1. The van der Waals surface area contributed by atoms with Gasteiger partial charge >= 0.3 is 6.09 Å². The van der Waals surface area contributed by atoms with E-state index in [1.807, 2.05) is 32.9 Å². The van der Waals surface area contributed by atoms with Crippen LogP contribution in [0.15, 0.2) is 22.7 Å². The molecule has 1 aliphatic heterocycles. The van der Waals surface area contributed by atoms with E-state index in [9.17, 15) is 4.79 Å². The van der Waals surface area contributed by atoms with Crippen molar-refractivity contribution >= 4 is 27.7 Å². The van der Waals surface area contributed by atoms with Crippen molar-refractivity contribution in [3.8, 4) is 0 Å². The van der Waals surface area contributed by atoms with Crippen LogP contribution in [0.4, 0.5) is 10.5 Å². The number of halogens is 1. The fraction of sp³-hybridized carbons (Fsp3) is 0.533. The van der Waals surface area contributed by atoms with E-state index in [0.717, 1.165) is 23.1 Å². The molecule has 0 saturated heterocycles. The second kappa shape index (κ2) is 6.04. The highest BCUT2D eigenvalue weighted by Crippen LogP contribution is 2.36. The lowest BCUT2D eigenvalue weighted by molar-refractivity contribution is 0.0524. The Bertz CT molecular complexity index is 497. The smallest absolute Gasteiger partial charge is 0.407 e. The van der Waals surface area contributed by atoms with Gasteiger partial charge in [-0.3, -0.25) is 0 Å². The van der Waals surface area contributed by atoms with Gasteiger partial charge in [-0.05, 0) is 54.8 Å². The Hall–Kier alpha value is -1.23. The van der Waals surface area contributed by atoms with Crippen LogP contribution in [0.2, 0.25) is 0 Å². The summed E-state index contributed by atoms with van der Waals surface area (Å²) < 4.78 is 6.33. The maximum atomic E-state index is 11.7. The van der Waals surface area contributed by atoms with E-state index in [1.54, 1.807) is 0 Å². The summed E-state index contributed by atoms with van der Waals surface area (Å²) in [5.74, 6) is 0.316. The van der Waals surface area contributed by atoms with Gasteiger partial charge < -0.3 is 15.4 Å². The number of benzene rings is 1. The van der Waals surface area contributed by atoms with Gasteiger partial charge in [0.25, 0.3) is 0 Å². The minimum Gasteiger partial charge on any atom is -0.444 e. The van der Waals surface area contributed by atoms with Crippen molar-refractivity contribution in [1.29, 1.82) is 0 Å². The molecule has 5 heteroatoms. The maximum Gasteiger partial charge on any atom is 0.407 e. The van der Waals surface area contributed by atoms with Crippen LogP contribution in [0.1, 0.15) is 38.7 Å². The highest BCUT2D eigenvalue weighted by atomic mass is 79.9. The van der Waals surface area contributed by atoms with Crippen LogP contribution in [0, 0.1) is 0 Å². The summed E-state index contributed by atoms with van der Waals surface area (Å²) in [6, 6.07) is 6.15. The van der Waals surface area contributed by atoms with Crippen molar-refractivity contribution in [3.63, 3.8) is 0 Å². The Morgan fingerprint density at radius 3 is 2.95 bits per heavy atom. The molecule has 1 atom stereocenters. The highest BCUT2D eigenvalue weighted by molar-refractivity contribution is 9.10. The van der Waals surface area contributed by atoms with Crippen LogP contribution < -0.4 is 10.6 Å². The molecule has 20 heavy (non-hydrogen) atoms. The summed E-state index contributed by atoms with van der Waals surface area (Å²) in [4.78, 5) is 11.7. The minimum atomic E-state index is -0.459. The summed E-state index contributed by atoms with van der Waals surface area (Å²) in [5, 5.41) is 6.26.